The standard InChI is InChI=1S/C32H39NO7/c1-18-11-10-14-24-28(40-22(5)35)20(3)19(2)27-25(17-23-12-8-7-9-13-23)33-30(37)32(24,27)26(39-21(4)34)15-16-31(6,38)29(18)36/h7-10,12-16,18,24-28,38H,11,17H2,1-6H3,(H,33,37)/b14-10+,16-15+/t18-,24-,25-,26+,27-,28+,31+,32+/m0/s1. The molecule has 0 unspecified atom stereocenters. The van der Waals surface area contributed by atoms with Crippen molar-refractivity contribution < 1.29 is 33.8 Å². The summed E-state index contributed by atoms with van der Waals surface area (Å²) in [5.41, 5.74) is -0.540. The Morgan fingerprint density at radius 1 is 1.02 bits per heavy atom. The number of hydrogen-bond acceptors (Lipinski definition) is 7. The number of rotatable bonds is 4. The van der Waals surface area contributed by atoms with E-state index in [1.807, 2.05) is 50.3 Å². The van der Waals surface area contributed by atoms with Crippen molar-refractivity contribution in [1.29, 1.82) is 0 Å². The van der Waals surface area contributed by atoms with Crippen LogP contribution in [0.1, 0.15) is 53.5 Å². The van der Waals surface area contributed by atoms with Gasteiger partial charge in [-0.25, -0.2) is 0 Å². The molecule has 3 aliphatic rings. The number of allylic oxidation sites excluding steroid dienone is 1. The van der Waals surface area contributed by atoms with Crippen LogP contribution in [0.2, 0.25) is 0 Å². The van der Waals surface area contributed by atoms with Crippen LogP contribution in [0, 0.1) is 23.2 Å². The van der Waals surface area contributed by atoms with Crippen LogP contribution in [-0.2, 0) is 35.1 Å². The summed E-state index contributed by atoms with van der Waals surface area (Å²) in [4.78, 5) is 52.4. The predicted molar refractivity (Wildman–Crippen MR) is 149 cm³/mol. The molecule has 1 aromatic carbocycles. The highest BCUT2D eigenvalue weighted by Crippen LogP contribution is 2.57. The fraction of sp³-hybridized carbons (Fsp3) is 0.500. The molecule has 40 heavy (non-hydrogen) atoms. The molecule has 2 aliphatic carbocycles. The zero-order chi connectivity index (χ0) is 29.4. The van der Waals surface area contributed by atoms with Gasteiger partial charge in [0.25, 0.3) is 0 Å². The van der Waals surface area contributed by atoms with Gasteiger partial charge in [-0.3, -0.25) is 19.2 Å². The van der Waals surface area contributed by atoms with Gasteiger partial charge in [0.2, 0.25) is 5.91 Å². The van der Waals surface area contributed by atoms with Gasteiger partial charge < -0.3 is 19.9 Å². The predicted octanol–water partition coefficient (Wildman–Crippen LogP) is 3.63. The van der Waals surface area contributed by atoms with E-state index in [2.05, 4.69) is 5.32 Å². The van der Waals surface area contributed by atoms with Crippen LogP contribution < -0.4 is 5.32 Å². The second-order valence-electron chi connectivity index (χ2n) is 11.6. The summed E-state index contributed by atoms with van der Waals surface area (Å²) in [6.45, 7) is 9.54. The van der Waals surface area contributed by atoms with E-state index in [0.29, 0.717) is 12.8 Å². The highest BCUT2D eigenvalue weighted by atomic mass is 16.6. The summed E-state index contributed by atoms with van der Waals surface area (Å²) >= 11 is 0. The molecular weight excluding hydrogens is 510 g/mol. The van der Waals surface area contributed by atoms with Gasteiger partial charge in [0.15, 0.2) is 5.78 Å². The zero-order valence-corrected chi connectivity index (χ0v) is 24.0. The van der Waals surface area contributed by atoms with Crippen LogP contribution in [0.25, 0.3) is 0 Å². The van der Waals surface area contributed by atoms with Gasteiger partial charge in [-0.15, -0.1) is 0 Å². The van der Waals surface area contributed by atoms with Crippen LogP contribution in [0.4, 0.5) is 0 Å². The Bertz CT molecular complexity index is 1280. The molecule has 4 rings (SSSR count). The van der Waals surface area contributed by atoms with Gasteiger partial charge in [-0.05, 0) is 56.9 Å². The Kier molecular flexibility index (Phi) is 8.22. The highest BCUT2D eigenvalue weighted by molar-refractivity contribution is 5.92. The number of hydrogen-bond donors (Lipinski definition) is 2. The van der Waals surface area contributed by atoms with Crippen molar-refractivity contribution in [3.63, 3.8) is 0 Å². The maximum atomic E-state index is 14.4. The van der Waals surface area contributed by atoms with Crippen LogP contribution in [0.5, 0.6) is 0 Å². The summed E-state index contributed by atoms with van der Waals surface area (Å²) < 4.78 is 11.8. The third kappa shape index (κ3) is 5.17. The molecule has 0 aromatic heterocycles. The van der Waals surface area contributed by atoms with Gasteiger partial charge in [0.05, 0.1) is 0 Å². The number of Topliss-reactive ketones (excluding diaryl/α,β-unsaturated/α-hetero) is 1. The molecule has 1 saturated heterocycles. The lowest BCUT2D eigenvalue weighted by molar-refractivity contribution is -0.167. The molecule has 8 nitrogen and oxygen atoms in total. The van der Waals surface area contributed by atoms with Crippen LogP contribution >= 0.6 is 0 Å². The van der Waals surface area contributed by atoms with E-state index in [4.69, 9.17) is 9.47 Å². The number of benzene rings is 1. The first-order valence-electron chi connectivity index (χ1n) is 13.8. The molecule has 1 spiro atoms. The second-order valence-corrected chi connectivity index (χ2v) is 11.6. The number of carbonyl (C=O) groups excluding carboxylic acids is 4. The quantitative estimate of drug-likeness (QED) is 0.435. The topological polar surface area (TPSA) is 119 Å². The minimum atomic E-state index is -1.85. The molecule has 0 radical (unpaired) electrons. The smallest absolute Gasteiger partial charge is 0.303 e. The lowest BCUT2D eigenvalue weighted by Crippen LogP contribution is -2.58. The fourth-order valence-corrected chi connectivity index (χ4v) is 6.86. The van der Waals surface area contributed by atoms with Crippen molar-refractivity contribution >= 4 is 23.6 Å². The molecule has 1 amide bonds. The molecule has 0 bridgehead atoms. The molecule has 1 aromatic rings. The van der Waals surface area contributed by atoms with Crippen LogP contribution in [0.3, 0.4) is 0 Å². The largest absolute Gasteiger partial charge is 0.457 e. The van der Waals surface area contributed by atoms with E-state index in [1.165, 1.54) is 32.9 Å². The Morgan fingerprint density at radius 3 is 2.30 bits per heavy atom. The SMILES string of the molecule is CC(=O)O[C@@H]1C(C)=C(C)[C@H]2[C@H](Cc3ccccc3)NC(=O)[C@]23[C@H](OC(C)=O)/C=C/[C@@](C)(O)C(=O)[C@@H](C)C/C=C/[C@@H]13. The zero-order valence-electron chi connectivity index (χ0n) is 24.0. The molecule has 1 fully saturated rings. The first-order chi connectivity index (χ1) is 18.8. The maximum Gasteiger partial charge on any atom is 0.303 e. The second kappa shape index (κ2) is 11.2. The average Bonchev–Trinajstić information content (AvgIpc) is 3.17. The first-order valence-corrected chi connectivity index (χ1v) is 13.8. The highest BCUT2D eigenvalue weighted by Gasteiger charge is 2.68. The lowest BCUT2D eigenvalue weighted by atomic mass is 9.54. The first kappa shape index (κ1) is 29.5. The normalized spacial score (nSPS) is 37.4. The van der Waals surface area contributed by atoms with E-state index in [-0.39, 0.29) is 11.9 Å². The number of nitrogens with one attached hydrogen (secondary N) is 1. The number of amides is 1. The summed E-state index contributed by atoms with van der Waals surface area (Å²) in [6.07, 6.45) is 5.30. The third-order valence-corrected chi connectivity index (χ3v) is 8.75. The number of ketones is 1. The lowest BCUT2D eigenvalue weighted by Gasteiger charge is -2.50. The summed E-state index contributed by atoms with van der Waals surface area (Å²) in [5, 5.41) is 14.3. The molecular formula is C32H39NO7. The van der Waals surface area contributed by atoms with Gasteiger partial charge in [0.1, 0.15) is 23.2 Å². The Balaban J connectivity index is 2.01. The molecule has 1 aliphatic heterocycles. The molecule has 8 atom stereocenters. The number of ether oxygens (including phenoxy) is 2. The molecule has 214 valence electrons. The summed E-state index contributed by atoms with van der Waals surface area (Å²) in [5.74, 6) is -3.55. The summed E-state index contributed by atoms with van der Waals surface area (Å²) in [6, 6.07) is 9.45. The minimum absolute atomic E-state index is 0.307. The minimum Gasteiger partial charge on any atom is -0.457 e. The third-order valence-electron chi connectivity index (χ3n) is 8.75. The van der Waals surface area contributed by atoms with E-state index >= 15 is 0 Å². The fourth-order valence-electron chi connectivity index (χ4n) is 6.86. The van der Waals surface area contributed by atoms with E-state index < -0.39 is 58.7 Å². The Morgan fingerprint density at radius 2 is 1.68 bits per heavy atom. The van der Waals surface area contributed by atoms with Crippen molar-refractivity contribution in [2.45, 2.75) is 78.2 Å². The van der Waals surface area contributed by atoms with Crippen LogP contribution in [-0.4, -0.2) is 52.6 Å². The molecule has 2 N–H and O–H groups in total. The molecule has 8 heteroatoms. The van der Waals surface area contributed by atoms with Crippen molar-refractivity contribution in [3.8, 4) is 0 Å². The number of carbonyl (C=O) groups is 4. The van der Waals surface area contributed by atoms with Crippen molar-refractivity contribution in [2.75, 3.05) is 0 Å². The Hall–Kier alpha value is -3.52. The van der Waals surface area contributed by atoms with Crippen molar-refractivity contribution in [3.05, 3.63) is 71.3 Å². The monoisotopic (exact) mass is 549 g/mol. The van der Waals surface area contributed by atoms with Gasteiger partial charge in [0, 0.05) is 37.6 Å². The van der Waals surface area contributed by atoms with Crippen molar-refractivity contribution in [1.82, 2.24) is 5.32 Å². The van der Waals surface area contributed by atoms with Gasteiger partial charge >= 0.3 is 11.9 Å². The Labute approximate surface area is 235 Å². The molecule has 1 heterocycles. The number of esters is 2. The van der Waals surface area contributed by atoms with Gasteiger partial charge in [-0.2, -0.15) is 0 Å². The summed E-state index contributed by atoms with van der Waals surface area (Å²) in [7, 11) is 0. The van der Waals surface area contributed by atoms with Gasteiger partial charge in [-0.1, -0.05) is 55.0 Å². The average molecular weight is 550 g/mol. The van der Waals surface area contributed by atoms with E-state index in [1.54, 1.807) is 13.0 Å². The van der Waals surface area contributed by atoms with E-state index in [9.17, 15) is 24.3 Å². The number of aliphatic hydroxyl groups is 1. The van der Waals surface area contributed by atoms with E-state index in [0.717, 1.165) is 16.7 Å². The maximum absolute atomic E-state index is 14.4. The molecule has 0 saturated carbocycles. The van der Waals surface area contributed by atoms with Crippen molar-refractivity contribution in [2.24, 2.45) is 23.2 Å². The van der Waals surface area contributed by atoms with Crippen LogP contribution in [0.15, 0.2) is 65.8 Å².